The maximum Gasteiger partial charge on any atom is 0.256 e. The van der Waals surface area contributed by atoms with Gasteiger partial charge < -0.3 is 4.74 Å². The van der Waals surface area contributed by atoms with Crippen LogP contribution in [0.3, 0.4) is 0 Å². The molecule has 0 spiro atoms. The van der Waals surface area contributed by atoms with E-state index < -0.39 is 0 Å². The van der Waals surface area contributed by atoms with Gasteiger partial charge in [0.1, 0.15) is 5.76 Å². The van der Waals surface area contributed by atoms with E-state index in [4.69, 9.17) is 4.74 Å². The van der Waals surface area contributed by atoms with Gasteiger partial charge in [-0.05, 0) is 17.9 Å². The van der Waals surface area contributed by atoms with E-state index in [1.54, 1.807) is 17.1 Å². The summed E-state index contributed by atoms with van der Waals surface area (Å²) in [5.41, 5.74) is 0.950. The number of carbonyl (C=O) groups excluding carboxylic acids is 1. The van der Waals surface area contributed by atoms with Crippen LogP contribution in [0, 0.1) is 5.41 Å². The molecule has 0 N–H and O–H groups in total. The molecule has 2 rings (SSSR count). The summed E-state index contributed by atoms with van der Waals surface area (Å²) in [4.78, 5) is 14.0. The van der Waals surface area contributed by atoms with Gasteiger partial charge in [0.2, 0.25) is 0 Å². The molecule has 92 valence electrons. The largest absolute Gasteiger partial charge is 0.471 e. The van der Waals surface area contributed by atoms with Gasteiger partial charge in [0.15, 0.2) is 6.23 Å². The Bertz CT molecular complexity index is 406. The first-order chi connectivity index (χ1) is 7.98. The molecule has 0 fully saturated rings. The minimum absolute atomic E-state index is 0.0709. The number of carbonyl (C=O) groups is 1. The highest BCUT2D eigenvalue weighted by Gasteiger charge is 2.42. The fourth-order valence-electron chi connectivity index (χ4n) is 2.49. The fraction of sp³-hybridized carbons (Fsp3) is 0.500. The van der Waals surface area contributed by atoms with E-state index in [2.05, 4.69) is 27.0 Å². The second-order valence-corrected chi connectivity index (χ2v) is 5.41. The van der Waals surface area contributed by atoms with Gasteiger partial charge in [-0.25, -0.2) is 0 Å². The van der Waals surface area contributed by atoms with Crippen molar-refractivity contribution >= 4 is 5.91 Å². The maximum atomic E-state index is 12.3. The van der Waals surface area contributed by atoms with E-state index in [1.807, 2.05) is 0 Å². The van der Waals surface area contributed by atoms with Crippen LogP contribution < -0.4 is 0 Å². The molecule has 2 aliphatic rings. The first-order valence-corrected chi connectivity index (χ1v) is 5.91. The number of allylic oxidation sites excluding steroid dienone is 1. The Morgan fingerprint density at radius 1 is 1.47 bits per heavy atom. The minimum Gasteiger partial charge on any atom is -0.471 e. The van der Waals surface area contributed by atoms with Crippen molar-refractivity contribution in [2.75, 3.05) is 6.54 Å². The Labute approximate surface area is 102 Å². The minimum atomic E-state index is -0.354. The standard InChI is InChI=1S/C14H19NO2/c1-5-7-15-12(6-2)17-11-9-14(3,4)8-10(11)13(15)16/h5-6,12H,1-2,7-9H2,3-4H3. The first-order valence-electron chi connectivity index (χ1n) is 5.91. The van der Waals surface area contributed by atoms with Crippen molar-refractivity contribution in [3.63, 3.8) is 0 Å². The highest BCUT2D eigenvalue weighted by Crippen LogP contribution is 2.45. The third kappa shape index (κ3) is 2.02. The molecular formula is C14H19NO2. The summed E-state index contributed by atoms with van der Waals surface area (Å²) >= 11 is 0. The molecule has 1 atom stereocenters. The predicted octanol–water partition coefficient (Wildman–Crippen LogP) is 2.62. The van der Waals surface area contributed by atoms with Gasteiger partial charge in [0.25, 0.3) is 5.91 Å². The van der Waals surface area contributed by atoms with Crippen molar-refractivity contribution in [1.82, 2.24) is 4.90 Å². The average molecular weight is 233 g/mol. The van der Waals surface area contributed by atoms with Crippen LogP contribution in [0.5, 0.6) is 0 Å². The van der Waals surface area contributed by atoms with Gasteiger partial charge in [-0.1, -0.05) is 26.5 Å². The van der Waals surface area contributed by atoms with Crippen LogP contribution in [-0.4, -0.2) is 23.6 Å². The summed E-state index contributed by atoms with van der Waals surface area (Å²) in [5.74, 6) is 0.923. The Hall–Kier alpha value is -1.51. The SMILES string of the molecule is C=CCN1C(=O)C2=C(CC(C)(C)C2)OC1C=C. The first kappa shape index (κ1) is 12.0. The summed E-state index contributed by atoms with van der Waals surface area (Å²) in [6, 6.07) is 0. The maximum absolute atomic E-state index is 12.3. The van der Waals surface area contributed by atoms with E-state index in [-0.39, 0.29) is 17.6 Å². The van der Waals surface area contributed by atoms with Crippen LogP contribution in [0.15, 0.2) is 36.6 Å². The molecule has 1 unspecified atom stereocenters. The molecule has 1 amide bonds. The second-order valence-electron chi connectivity index (χ2n) is 5.41. The van der Waals surface area contributed by atoms with Gasteiger partial charge in [-0.2, -0.15) is 0 Å². The van der Waals surface area contributed by atoms with Gasteiger partial charge in [-0.3, -0.25) is 9.69 Å². The molecule has 17 heavy (non-hydrogen) atoms. The molecule has 1 aliphatic heterocycles. The normalized spacial score (nSPS) is 26.6. The lowest BCUT2D eigenvalue weighted by Crippen LogP contribution is -2.44. The molecule has 0 saturated heterocycles. The number of hydrogen-bond acceptors (Lipinski definition) is 2. The third-order valence-electron chi connectivity index (χ3n) is 3.25. The van der Waals surface area contributed by atoms with Crippen LogP contribution in [0.4, 0.5) is 0 Å². The quantitative estimate of drug-likeness (QED) is 0.701. The van der Waals surface area contributed by atoms with Crippen LogP contribution in [0.2, 0.25) is 0 Å². The molecule has 0 bridgehead atoms. The van der Waals surface area contributed by atoms with Crippen molar-refractivity contribution < 1.29 is 9.53 Å². The zero-order valence-corrected chi connectivity index (χ0v) is 10.5. The number of hydrogen-bond donors (Lipinski definition) is 0. The van der Waals surface area contributed by atoms with Crippen LogP contribution in [0.1, 0.15) is 26.7 Å². The summed E-state index contributed by atoms with van der Waals surface area (Å²) < 4.78 is 5.85. The zero-order chi connectivity index (χ0) is 12.6. The van der Waals surface area contributed by atoms with Crippen LogP contribution in [-0.2, 0) is 9.53 Å². The monoisotopic (exact) mass is 233 g/mol. The Morgan fingerprint density at radius 2 is 2.18 bits per heavy atom. The lowest BCUT2D eigenvalue weighted by atomic mass is 9.89. The van der Waals surface area contributed by atoms with Crippen molar-refractivity contribution in [1.29, 1.82) is 0 Å². The lowest BCUT2D eigenvalue weighted by molar-refractivity contribution is -0.138. The van der Waals surface area contributed by atoms with Gasteiger partial charge in [0, 0.05) is 13.0 Å². The van der Waals surface area contributed by atoms with Crippen LogP contribution >= 0.6 is 0 Å². The molecule has 3 heteroatoms. The Kier molecular flexibility index (Phi) is 2.86. The van der Waals surface area contributed by atoms with Gasteiger partial charge in [0.05, 0.1) is 5.57 Å². The van der Waals surface area contributed by atoms with Gasteiger partial charge >= 0.3 is 0 Å². The molecule has 0 aromatic heterocycles. The highest BCUT2D eigenvalue weighted by atomic mass is 16.5. The van der Waals surface area contributed by atoms with Crippen molar-refractivity contribution in [2.45, 2.75) is 32.9 Å². The second kappa shape index (κ2) is 4.06. The molecule has 1 aliphatic carbocycles. The van der Waals surface area contributed by atoms with Crippen molar-refractivity contribution in [2.24, 2.45) is 5.41 Å². The highest BCUT2D eigenvalue weighted by molar-refractivity contribution is 5.95. The van der Waals surface area contributed by atoms with E-state index in [1.165, 1.54) is 0 Å². The van der Waals surface area contributed by atoms with E-state index in [9.17, 15) is 4.79 Å². The number of amides is 1. The number of nitrogens with zero attached hydrogens (tertiary/aromatic N) is 1. The topological polar surface area (TPSA) is 29.5 Å². The molecular weight excluding hydrogens is 214 g/mol. The third-order valence-corrected chi connectivity index (χ3v) is 3.25. The smallest absolute Gasteiger partial charge is 0.256 e. The zero-order valence-electron chi connectivity index (χ0n) is 10.5. The van der Waals surface area contributed by atoms with E-state index in [0.29, 0.717) is 6.54 Å². The fourth-order valence-corrected chi connectivity index (χ4v) is 2.49. The predicted molar refractivity (Wildman–Crippen MR) is 67.0 cm³/mol. The Balaban J connectivity index is 2.30. The molecule has 0 aromatic rings. The number of ether oxygens (including phenoxy) is 1. The summed E-state index contributed by atoms with van der Waals surface area (Å²) in [6.45, 7) is 12.2. The molecule has 1 heterocycles. The summed E-state index contributed by atoms with van der Waals surface area (Å²) in [7, 11) is 0. The number of rotatable bonds is 3. The van der Waals surface area contributed by atoms with E-state index >= 15 is 0 Å². The van der Waals surface area contributed by atoms with Gasteiger partial charge in [-0.15, -0.1) is 6.58 Å². The van der Waals surface area contributed by atoms with Crippen molar-refractivity contribution in [3.05, 3.63) is 36.6 Å². The molecule has 3 nitrogen and oxygen atoms in total. The molecule has 0 aromatic carbocycles. The molecule has 0 saturated carbocycles. The van der Waals surface area contributed by atoms with Crippen molar-refractivity contribution in [3.8, 4) is 0 Å². The Morgan fingerprint density at radius 3 is 2.76 bits per heavy atom. The lowest BCUT2D eigenvalue weighted by Gasteiger charge is -2.34. The summed E-state index contributed by atoms with van der Waals surface area (Å²) in [6.07, 6.45) is 4.65. The summed E-state index contributed by atoms with van der Waals surface area (Å²) in [5, 5.41) is 0. The van der Waals surface area contributed by atoms with E-state index in [0.717, 1.165) is 24.2 Å². The molecule has 0 radical (unpaired) electrons. The average Bonchev–Trinajstić information content (AvgIpc) is 2.57. The van der Waals surface area contributed by atoms with Crippen LogP contribution in [0.25, 0.3) is 0 Å².